The molecule has 2 radical (unpaired) electrons. The van der Waals surface area contributed by atoms with Crippen LogP contribution in [0.2, 0.25) is 6.04 Å². The van der Waals surface area contributed by atoms with Gasteiger partial charge in [0.1, 0.15) is 0 Å². The molecule has 0 aliphatic rings. The Morgan fingerprint density at radius 2 is 1.64 bits per heavy atom. The van der Waals surface area contributed by atoms with Crippen LogP contribution in [0.4, 0.5) is 0 Å². The van der Waals surface area contributed by atoms with Crippen molar-refractivity contribution in [1.29, 1.82) is 0 Å². The van der Waals surface area contributed by atoms with Crippen molar-refractivity contribution in [3.63, 3.8) is 0 Å². The zero-order valence-electron chi connectivity index (χ0n) is 9.13. The predicted octanol–water partition coefficient (Wildman–Crippen LogP) is 3.40. The highest BCUT2D eigenvalue weighted by Gasteiger charge is 1.93. The molecular formula is C13H20Si. The first-order valence-electron chi connectivity index (χ1n) is 5.72. The molecular weight excluding hydrogens is 184 g/mol. The van der Waals surface area contributed by atoms with Gasteiger partial charge in [-0.15, -0.1) is 0 Å². The minimum atomic E-state index is 1.02. The Hall–Kier alpha value is -0.563. The molecule has 1 heteroatoms. The third-order valence-corrected chi connectivity index (χ3v) is 3.73. The maximum absolute atomic E-state index is 2.27. The zero-order valence-corrected chi connectivity index (χ0v) is 10.1. The molecule has 0 aliphatic carbocycles. The van der Waals surface area contributed by atoms with Gasteiger partial charge in [0.05, 0.1) is 9.52 Å². The van der Waals surface area contributed by atoms with Gasteiger partial charge in [0.25, 0.3) is 0 Å². The van der Waals surface area contributed by atoms with Gasteiger partial charge in [-0.2, -0.15) is 0 Å². The summed E-state index contributed by atoms with van der Waals surface area (Å²) in [6, 6.07) is 12.2. The Kier molecular flexibility index (Phi) is 6.42. The Labute approximate surface area is 90.6 Å². The van der Waals surface area contributed by atoms with Crippen LogP contribution in [0.1, 0.15) is 39.0 Å². The number of benzene rings is 1. The maximum Gasteiger partial charge on any atom is 0.0807 e. The molecule has 0 nitrogen and oxygen atoms in total. The van der Waals surface area contributed by atoms with E-state index >= 15 is 0 Å². The third kappa shape index (κ3) is 5.23. The SMILES string of the molecule is CCCCCCC[Si]c1ccccc1. The topological polar surface area (TPSA) is 0 Å². The zero-order chi connectivity index (χ0) is 10.1. The molecule has 0 fully saturated rings. The lowest BCUT2D eigenvalue weighted by atomic mass is 10.2. The molecule has 0 atom stereocenters. The second-order valence-electron chi connectivity index (χ2n) is 3.71. The summed E-state index contributed by atoms with van der Waals surface area (Å²) in [6.07, 6.45) is 7.02. The number of unbranched alkanes of at least 4 members (excludes halogenated alkanes) is 4. The van der Waals surface area contributed by atoms with Crippen LogP contribution in [0.3, 0.4) is 0 Å². The fraction of sp³-hybridized carbons (Fsp3) is 0.538. The molecule has 14 heavy (non-hydrogen) atoms. The van der Waals surface area contributed by atoms with E-state index in [-0.39, 0.29) is 0 Å². The van der Waals surface area contributed by atoms with Crippen LogP contribution < -0.4 is 5.19 Å². The number of hydrogen-bond acceptors (Lipinski definition) is 0. The Morgan fingerprint density at radius 1 is 0.929 bits per heavy atom. The van der Waals surface area contributed by atoms with Gasteiger partial charge in [-0.05, 0) is 0 Å². The monoisotopic (exact) mass is 204 g/mol. The summed E-state index contributed by atoms with van der Waals surface area (Å²) in [5.74, 6) is 0. The molecule has 1 aromatic rings. The molecule has 0 aromatic heterocycles. The normalized spacial score (nSPS) is 10.4. The smallest absolute Gasteiger partial charge is 0.0654 e. The highest BCUT2D eigenvalue weighted by Crippen LogP contribution is 2.04. The molecule has 0 saturated heterocycles. The van der Waals surface area contributed by atoms with E-state index in [1.165, 1.54) is 43.3 Å². The molecule has 1 rings (SSSR count). The fourth-order valence-corrected chi connectivity index (χ4v) is 2.66. The van der Waals surface area contributed by atoms with E-state index in [1.54, 1.807) is 0 Å². The lowest BCUT2D eigenvalue weighted by Gasteiger charge is -2.00. The van der Waals surface area contributed by atoms with Crippen LogP contribution in [0.25, 0.3) is 0 Å². The summed E-state index contributed by atoms with van der Waals surface area (Å²) in [7, 11) is 1.02. The van der Waals surface area contributed by atoms with Crippen LogP contribution in [0.15, 0.2) is 30.3 Å². The van der Waals surface area contributed by atoms with Crippen molar-refractivity contribution < 1.29 is 0 Å². The average Bonchev–Trinajstić information content (AvgIpc) is 2.25. The van der Waals surface area contributed by atoms with Crippen LogP contribution in [-0.2, 0) is 0 Å². The van der Waals surface area contributed by atoms with E-state index in [1.807, 2.05) is 0 Å². The molecule has 1 aromatic carbocycles. The second kappa shape index (κ2) is 7.81. The van der Waals surface area contributed by atoms with Crippen molar-refractivity contribution in [2.75, 3.05) is 0 Å². The van der Waals surface area contributed by atoms with Crippen molar-refractivity contribution >= 4 is 14.7 Å². The summed E-state index contributed by atoms with van der Waals surface area (Å²) in [5, 5.41) is 1.52. The Morgan fingerprint density at radius 3 is 2.36 bits per heavy atom. The molecule has 0 saturated carbocycles. The average molecular weight is 204 g/mol. The highest BCUT2D eigenvalue weighted by atomic mass is 28.2. The highest BCUT2D eigenvalue weighted by molar-refractivity contribution is 6.53. The third-order valence-electron chi connectivity index (χ3n) is 2.38. The largest absolute Gasteiger partial charge is 0.0807 e. The molecule has 0 unspecified atom stereocenters. The van der Waals surface area contributed by atoms with Gasteiger partial charge in [-0.25, -0.2) is 0 Å². The molecule has 0 bridgehead atoms. The Balaban J connectivity index is 1.99. The van der Waals surface area contributed by atoms with Crippen molar-refractivity contribution in [1.82, 2.24) is 0 Å². The van der Waals surface area contributed by atoms with Crippen molar-refractivity contribution in [2.45, 2.75) is 45.1 Å². The van der Waals surface area contributed by atoms with E-state index in [0.717, 1.165) is 9.52 Å². The summed E-state index contributed by atoms with van der Waals surface area (Å²) in [5.41, 5.74) is 0. The molecule has 0 amide bonds. The Bertz CT molecular complexity index is 218. The summed E-state index contributed by atoms with van der Waals surface area (Å²) < 4.78 is 0. The van der Waals surface area contributed by atoms with Crippen LogP contribution in [0, 0.1) is 0 Å². The van der Waals surface area contributed by atoms with E-state index < -0.39 is 0 Å². The molecule has 0 N–H and O–H groups in total. The van der Waals surface area contributed by atoms with E-state index in [9.17, 15) is 0 Å². The minimum absolute atomic E-state index is 1.02. The van der Waals surface area contributed by atoms with Gasteiger partial charge in [0, 0.05) is 0 Å². The van der Waals surface area contributed by atoms with Crippen LogP contribution >= 0.6 is 0 Å². The van der Waals surface area contributed by atoms with Gasteiger partial charge in [0.15, 0.2) is 0 Å². The van der Waals surface area contributed by atoms with E-state index in [0.29, 0.717) is 0 Å². The summed E-state index contributed by atoms with van der Waals surface area (Å²) >= 11 is 0. The second-order valence-corrected chi connectivity index (χ2v) is 5.14. The van der Waals surface area contributed by atoms with Gasteiger partial charge in [-0.1, -0.05) is 80.6 Å². The molecule has 0 heterocycles. The first kappa shape index (κ1) is 11.5. The number of hydrogen-bond donors (Lipinski definition) is 0. The molecule has 0 spiro atoms. The van der Waals surface area contributed by atoms with Crippen LogP contribution in [0.5, 0.6) is 0 Å². The fourth-order valence-electron chi connectivity index (χ4n) is 1.52. The van der Waals surface area contributed by atoms with Gasteiger partial charge < -0.3 is 0 Å². The standard InChI is InChI=1S/C13H20Si/c1-2-3-4-5-9-12-14-13-10-7-6-8-11-13/h6-8,10-11H,2-5,9,12H2,1H3. The van der Waals surface area contributed by atoms with Crippen molar-refractivity contribution in [3.05, 3.63) is 30.3 Å². The van der Waals surface area contributed by atoms with Crippen molar-refractivity contribution in [2.24, 2.45) is 0 Å². The lowest BCUT2D eigenvalue weighted by molar-refractivity contribution is 0.655. The molecule has 76 valence electrons. The number of rotatable bonds is 7. The predicted molar refractivity (Wildman–Crippen MR) is 65.4 cm³/mol. The summed E-state index contributed by atoms with van der Waals surface area (Å²) in [4.78, 5) is 0. The van der Waals surface area contributed by atoms with E-state index in [2.05, 4.69) is 37.3 Å². The van der Waals surface area contributed by atoms with Gasteiger partial charge >= 0.3 is 0 Å². The first-order chi connectivity index (χ1) is 6.93. The van der Waals surface area contributed by atoms with Crippen LogP contribution in [-0.4, -0.2) is 9.52 Å². The van der Waals surface area contributed by atoms with Gasteiger partial charge in [-0.3, -0.25) is 0 Å². The first-order valence-corrected chi connectivity index (χ1v) is 6.93. The van der Waals surface area contributed by atoms with Gasteiger partial charge in [0.2, 0.25) is 0 Å². The summed E-state index contributed by atoms with van der Waals surface area (Å²) in [6.45, 7) is 2.27. The van der Waals surface area contributed by atoms with E-state index in [4.69, 9.17) is 0 Å². The lowest BCUT2D eigenvalue weighted by Crippen LogP contribution is -2.12. The quantitative estimate of drug-likeness (QED) is 0.472. The minimum Gasteiger partial charge on any atom is -0.0654 e. The maximum atomic E-state index is 2.27. The molecule has 0 aliphatic heterocycles. The van der Waals surface area contributed by atoms with Crippen molar-refractivity contribution in [3.8, 4) is 0 Å².